The third kappa shape index (κ3) is 9.97. The summed E-state index contributed by atoms with van der Waals surface area (Å²) in [5.74, 6) is -4.04. The zero-order valence-corrected chi connectivity index (χ0v) is 28.9. The average molecular weight is 756 g/mol. The number of rotatable bonds is 10. The number of nitrogens with zero attached hydrogens (tertiary/aromatic N) is 2. The van der Waals surface area contributed by atoms with Crippen molar-refractivity contribution in [3.05, 3.63) is 79.9 Å². The zero-order valence-electron chi connectivity index (χ0n) is 28.9. The standard InChI is InChI=1S/C18H17BFNO8.C14H14FNO3.CH4.B2H2O3/c1-9(22)27-19(28-10(2)23)29-18(25)13-8-21(11-4-5-11)15-12(16(13)24)6-7-14(20)17(15)26-3;1-19-14-11(15)5-4-10-12(14)16(9-2-3-9)6-8(7-17)13(10)18;;3-1-2(4)5/h6-8,11H,4-5H2,1-3H3;4-6,9,17H,2-3,7H2,1H3;1H4;4-5H. The Morgan fingerprint density at radius 1 is 0.796 bits per heavy atom. The van der Waals surface area contributed by atoms with Crippen LogP contribution in [0.25, 0.3) is 21.8 Å². The van der Waals surface area contributed by atoms with E-state index in [2.05, 4.69) is 9.31 Å². The monoisotopic (exact) mass is 756 g/mol. The van der Waals surface area contributed by atoms with Crippen LogP contribution in [0.2, 0.25) is 0 Å². The maximum absolute atomic E-state index is 14.2. The Morgan fingerprint density at radius 2 is 1.22 bits per heavy atom. The van der Waals surface area contributed by atoms with Gasteiger partial charge in [0.2, 0.25) is 5.43 Å². The topological polar surface area (TPSA) is 219 Å². The summed E-state index contributed by atoms with van der Waals surface area (Å²) < 4.78 is 64.8. The number of benzene rings is 2. The quantitative estimate of drug-likeness (QED) is 0.198. The van der Waals surface area contributed by atoms with Crippen molar-refractivity contribution in [1.29, 1.82) is 0 Å². The Labute approximate surface area is 307 Å². The molecule has 2 aromatic heterocycles. The van der Waals surface area contributed by atoms with E-state index < -0.39 is 49.3 Å². The number of aliphatic hydroxyl groups excluding tert-OH is 1. The second kappa shape index (κ2) is 18.6. The molecule has 0 bridgehead atoms. The molecule has 0 aliphatic heterocycles. The van der Waals surface area contributed by atoms with E-state index in [0.717, 1.165) is 45.6 Å². The Hall–Kier alpha value is -5.40. The minimum absolute atomic E-state index is 0. The number of halogens is 2. The molecule has 0 radical (unpaired) electrons. The first-order valence-electron chi connectivity index (χ1n) is 16.0. The number of ether oxygens (including phenoxy) is 2. The molecule has 0 unspecified atom stereocenters. The van der Waals surface area contributed by atoms with Gasteiger partial charge in [-0.15, -0.1) is 0 Å². The van der Waals surface area contributed by atoms with Gasteiger partial charge in [-0.2, -0.15) is 0 Å². The fourth-order valence-corrected chi connectivity index (χ4v) is 5.27. The van der Waals surface area contributed by atoms with Gasteiger partial charge in [0.25, 0.3) is 11.9 Å². The van der Waals surface area contributed by atoms with Crippen molar-refractivity contribution in [2.24, 2.45) is 0 Å². The van der Waals surface area contributed by atoms with Gasteiger partial charge in [-0.05, 0) is 49.9 Å². The Kier molecular flexibility index (Phi) is 14.8. The van der Waals surface area contributed by atoms with E-state index in [1.807, 2.05) is 4.57 Å². The van der Waals surface area contributed by atoms with Crippen LogP contribution in [0, 0.1) is 11.6 Å². The first-order valence-corrected chi connectivity index (χ1v) is 16.0. The molecule has 21 heteroatoms. The van der Waals surface area contributed by atoms with Crippen molar-refractivity contribution in [2.45, 2.75) is 65.6 Å². The van der Waals surface area contributed by atoms with Gasteiger partial charge >= 0.3 is 42.1 Å². The summed E-state index contributed by atoms with van der Waals surface area (Å²) >= 11 is 0. The van der Waals surface area contributed by atoms with E-state index in [1.54, 1.807) is 10.8 Å². The minimum atomic E-state index is -1.94. The van der Waals surface area contributed by atoms with Crippen LogP contribution in [0.5, 0.6) is 11.5 Å². The molecule has 2 heterocycles. The second-order valence-corrected chi connectivity index (χ2v) is 11.7. The van der Waals surface area contributed by atoms with Gasteiger partial charge in [-0.3, -0.25) is 19.2 Å². The SMILES string of the molecule is C.COc1c(F)ccc2c(=O)c(C(=O)OB(OC(C)=O)OC(C)=O)cn(C3CC3)c12.COc1c(F)ccc2c(=O)c(CO)cn(C3CC3)c12.O=BB(O)O. The summed E-state index contributed by atoms with van der Waals surface area (Å²) in [5.41, 5.74) is -0.354. The molecule has 2 aliphatic carbocycles. The van der Waals surface area contributed by atoms with Crippen LogP contribution in [0.1, 0.15) is 75.0 Å². The van der Waals surface area contributed by atoms with E-state index in [-0.39, 0.29) is 66.6 Å². The molecule has 0 spiro atoms. The van der Waals surface area contributed by atoms with Crippen LogP contribution < -0.4 is 20.3 Å². The predicted molar refractivity (Wildman–Crippen MR) is 190 cm³/mol. The summed E-state index contributed by atoms with van der Waals surface area (Å²) in [5, 5.41) is 24.8. The summed E-state index contributed by atoms with van der Waals surface area (Å²) in [7, 11) is -1.04. The molecule has 16 nitrogen and oxygen atoms in total. The van der Waals surface area contributed by atoms with Crippen molar-refractivity contribution < 1.29 is 66.5 Å². The molecular formula is C33H37B3F2N2O14. The van der Waals surface area contributed by atoms with Crippen molar-refractivity contribution in [3.63, 3.8) is 0 Å². The molecule has 286 valence electrons. The van der Waals surface area contributed by atoms with Crippen molar-refractivity contribution in [3.8, 4) is 11.5 Å². The van der Waals surface area contributed by atoms with Gasteiger partial charge in [0.05, 0.1) is 42.6 Å². The molecule has 2 aliphatic rings. The van der Waals surface area contributed by atoms with Crippen LogP contribution in [-0.2, 0) is 34.9 Å². The number of carbonyl (C=O) groups is 3. The van der Waals surface area contributed by atoms with E-state index >= 15 is 0 Å². The van der Waals surface area contributed by atoms with E-state index in [1.165, 1.54) is 38.6 Å². The third-order valence-corrected chi connectivity index (χ3v) is 7.80. The first-order chi connectivity index (χ1) is 25.2. The number of hydrogen-bond acceptors (Lipinski definition) is 14. The van der Waals surface area contributed by atoms with Crippen LogP contribution in [0.15, 0.2) is 46.2 Å². The summed E-state index contributed by atoms with van der Waals surface area (Å²) in [6.07, 6.45) is 6.38. The molecule has 0 saturated heterocycles. The normalized spacial score (nSPS) is 12.8. The average Bonchev–Trinajstić information content (AvgIpc) is 4.03. The fraction of sp³-hybridized carbons (Fsp3) is 0.364. The zero-order chi connectivity index (χ0) is 39.1. The second-order valence-electron chi connectivity index (χ2n) is 11.7. The van der Waals surface area contributed by atoms with Gasteiger partial charge in [-0.25, -0.2) is 13.6 Å². The number of aliphatic hydroxyl groups is 1. The van der Waals surface area contributed by atoms with Gasteiger partial charge in [-0.1, -0.05) is 7.43 Å². The van der Waals surface area contributed by atoms with Gasteiger partial charge in [0, 0.05) is 43.9 Å². The Morgan fingerprint density at radius 3 is 1.59 bits per heavy atom. The van der Waals surface area contributed by atoms with Crippen molar-refractivity contribution >= 4 is 61.1 Å². The number of pyridine rings is 2. The number of hydrogen-bond donors (Lipinski definition) is 3. The van der Waals surface area contributed by atoms with Gasteiger partial charge < -0.3 is 37.7 Å². The van der Waals surface area contributed by atoms with E-state index in [4.69, 9.17) is 28.9 Å². The fourth-order valence-electron chi connectivity index (χ4n) is 5.27. The third-order valence-electron chi connectivity index (χ3n) is 7.80. The van der Waals surface area contributed by atoms with E-state index in [0.29, 0.717) is 16.5 Å². The van der Waals surface area contributed by atoms with Crippen LogP contribution in [-0.4, -0.2) is 77.8 Å². The summed E-state index contributed by atoms with van der Waals surface area (Å²) in [4.78, 5) is 59.9. The molecule has 2 saturated carbocycles. The summed E-state index contributed by atoms with van der Waals surface area (Å²) in [6.45, 7) is 1.74. The molecule has 4 aromatic rings. The molecule has 0 amide bonds. The number of carbonyl (C=O) groups excluding carboxylic acids is 3. The molecule has 54 heavy (non-hydrogen) atoms. The van der Waals surface area contributed by atoms with Crippen LogP contribution >= 0.6 is 0 Å². The molecule has 3 N–H and O–H groups in total. The van der Waals surface area contributed by atoms with Gasteiger partial charge in [0.15, 0.2) is 28.6 Å². The van der Waals surface area contributed by atoms with Crippen LogP contribution in [0.4, 0.5) is 8.78 Å². The molecule has 0 atom stereocenters. The van der Waals surface area contributed by atoms with Crippen molar-refractivity contribution in [2.75, 3.05) is 14.2 Å². The Bertz CT molecular complexity index is 2150. The number of methoxy groups -OCH3 is 2. The maximum atomic E-state index is 14.2. The first kappa shape index (κ1) is 43.0. The predicted octanol–water partition coefficient (Wildman–Crippen LogP) is 2.37. The van der Waals surface area contributed by atoms with Crippen LogP contribution in [0.3, 0.4) is 0 Å². The summed E-state index contributed by atoms with van der Waals surface area (Å²) in [6, 6.07) is 5.20. The molecule has 2 aromatic carbocycles. The van der Waals surface area contributed by atoms with Gasteiger partial charge in [0.1, 0.15) is 5.56 Å². The number of fused-ring (bicyclic) bond motifs is 2. The van der Waals surface area contributed by atoms with E-state index in [9.17, 15) is 37.9 Å². The molecule has 2 fully saturated rings. The Balaban J connectivity index is 0.000000269. The number of aromatic nitrogens is 2. The molecular weight excluding hydrogens is 719 g/mol. The molecule has 6 rings (SSSR count). The van der Waals surface area contributed by atoms with Crippen molar-refractivity contribution in [1.82, 2.24) is 9.13 Å².